The average Bonchev–Trinajstić information content (AvgIpc) is 2.62. The van der Waals surface area contributed by atoms with Gasteiger partial charge in [-0.15, -0.1) is 0 Å². The highest BCUT2D eigenvalue weighted by Gasteiger charge is 2.29. The third-order valence-corrected chi connectivity index (χ3v) is 5.34. The Balaban J connectivity index is 1.42. The first-order valence-corrected chi connectivity index (χ1v) is 9.39. The van der Waals surface area contributed by atoms with Gasteiger partial charge in [0.15, 0.2) is 0 Å². The lowest BCUT2D eigenvalue weighted by molar-refractivity contribution is -0.134. The number of piperidine rings is 2. The fourth-order valence-corrected chi connectivity index (χ4v) is 3.99. The Morgan fingerprint density at radius 2 is 2.12 bits per heavy atom. The Kier molecular flexibility index (Phi) is 6.39. The zero-order chi connectivity index (χ0) is 17.6. The molecular weight excluding hydrogens is 316 g/mol. The van der Waals surface area contributed by atoms with Crippen LogP contribution >= 0.6 is 0 Å². The predicted octanol–water partition coefficient (Wildman–Crippen LogP) is 0.961. The minimum atomic E-state index is -0.172. The number of likely N-dealkylation sites (tertiary alicyclic amines) is 2. The first kappa shape index (κ1) is 18.3. The Labute approximate surface area is 150 Å². The molecule has 2 aliphatic rings. The minimum absolute atomic E-state index is 0.172. The number of aliphatic hydroxyl groups excluding tert-OH is 1. The van der Waals surface area contributed by atoms with E-state index < -0.39 is 0 Å². The first-order valence-electron chi connectivity index (χ1n) is 9.39. The number of hydrogen-bond donors (Lipinski definition) is 1. The van der Waals surface area contributed by atoms with Crippen LogP contribution in [0.15, 0.2) is 24.5 Å². The van der Waals surface area contributed by atoms with Crippen molar-refractivity contribution >= 4 is 5.91 Å². The van der Waals surface area contributed by atoms with E-state index in [4.69, 9.17) is 0 Å². The van der Waals surface area contributed by atoms with Crippen molar-refractivity contribution in [3.63, 3.8) is 0 Å². The number of carbonyl (C=O) groups is 1. The molecule has 1 aromatic rings. The number of aliphatic hydroxyl groups is 1. The van der Waals surface area contributed by atoms with Crippen LogP contribution in [0.25, 0.3) is 0 Å². The smallest absolute Gasteiger partial charge is 0.236 e. The number of amides is 1. The predicted molar refractivity (Wildman–Crippen MR) is 97.0 cm³/mol. The number of rotatable bonds is 5. The molecule has 0 spiro atoms. The summed E-state index contributed by atoms with van der Waals surface area (Å²) in [5.74, 6) is 0.212. The molecule has 138 valence electrons. The van der Waals surface area contributed by atoms with Gasteiger partial charge >= 0.3 is 0 Å². The van der Waals surface area contributed by atoms with Crippen molar-refractivity contribution in [1.82, 2.24) is 19.7 Å². The monoisotopic (exact) mass is 346 g/mol. The number of nitrogens with zero attached hydrogens (tertiary/aromatic N) is 4. The molecule has 0 saturated carbocycles. The number of likely N-dealkylation sites (N-methyl/N-ethyl adjacent to an activating group) is 1. The lowest BCUT2D eigenvalue weighted by Crippen LogP contribution is -2.51. The first-order chi connectivity index (χ1) is 12.1. The van der Waals surface area contributed by atoms with Crippen molar-refractivity contribution in [2.75, 3.05) is 39.8 Å². The molecule has 3 heterocycles. The third kappa shape index (κ3) is 5.23. The summed E-state index contributed by atoms with van der Waals surface area (Å²) in [6.07, 6.45) is 7.49. The van der Waals surface area contributed by atoms with Crippen LogP contribution < -0.4 is 0 Å². The molecule has 3 rings (SSSR count). The summed E-state index contributed by atoms with van der Waals surface area (Å²) in [4.78, 5) is 23.1. The Morgan fingerprint density at radius 3 is 2.80 bits per heavy atom. The molecule has 0 bridgehead atoms. The fraction of sp³-hybridized carbons (Fsp3) is 0.684. The highest BCUT2D eigenvalue weighted by molar-refractivity contribution is 5.78. The maximum atomic E-state index is 12.5. The van der Waals surface area contributed by atoms with Crippen LogP contribution in [-0.2, 0) is 11.3 Å². The average molecular weight is 346 g/mol. The van der Waals surface area contributed by atoms with Gasteiger partial charge in [0.05, 0.1) is 12.6 Å². The van der Waals surface area contributed by atoms with Gasteiger partial charge in [-0.1, -0.05) is 6.07 Å². The van der Waals surface area contributed by atoms with Gasteiger partial charge in [-0.3, -0.25) is 19.6 Å². The second-order valence-corrected chi connectivity index (χ2v) is 7.44. The summed E-state index contributed by atoms with van der Waals surface area (Å²) in [6.45, 7) is 4.73. The number of carbonyl (C=O) groups excluding carboxylic acids is 1. The van der Waals surface area contributed by atoms with E-state index in [0.717, 1.165) is 64.0 Å². The van der Waals surface area contributed by atoms with Gasteiger partial charge in [0.25, 0.3) is 0 Å². The molecule has 0 aliphatic carbocycles. The van der Waals surface area contributed by atoms with Gasteiger partial charge in [0.1, 0.15) is 0 Å². The lowest BCUT2D eigenvalue weighted by Gasteiger charge is -2.41. The van der Waals surface area contributed by atoms with Crippen molar-refractivity contribution in [3.8, 4) is 0 Å². The fourth-order valence-electron chi connectivity index (χ4n) is 3.99. The van der Waals surface area contributed by atoms with E-state index in [0.29, 0.717) is 12.6 Å². The molecule has 0 radical (unpaired) electrons. The van der Waals surface area contributed by atoms with Crippen LogP contribution in [-0.4, -0.2) is 82.6 Å². The van der Waals surface area contributed by atoms with E-state index in [1.165, 1.54) is 0 Å². The zero-order valence-electron chi connectivity index (χ0n) is 15.2. The molecule has 2 aliphatic heterocycles. The van der Waals surface area contributed by atoms with Crippen LogP contribution in [0.2, 0.25) is 0 Å². The van der Waals surface area contributed by atoms with Gasteiger partial charge in [0, 0.05) is 44.6 Å². The van der Waals surface area contributed by atoms with Crippen molar-refractivity contribution in [1.29, 1.82) is 0 Å². The second-order valence-electron chi connectivity index (χ2n) is 7.44. The summed E-state index contributed by atoms with van der Waals surface area (Å²) >= 11 is 0. The van der Waals surface area contributed by atoms with E-state index in [9.17, 15) is 9.90 Å². The van der Waals surface area contributed by atoms with E-state index >= 15 is 0 Å². The Bertz CT molecular complexity index is 546. The molecule has 2 fully saturated rings. The Morgan fingerprint density at radius 1 is 1.32 bits per heavy atom. The van der Waals surface area contributed by atoms with E-state index in [2.05, 4.69) is 9.88 Å². The maximum absolute atomic E-state index is 12.5. The van der Waals surface area contributed by atoms with Crippen LogP contribution in [0.1, 0.15) is 31.2 Å². The van der Waals surface area contributed by atoms with E-state index in [-0.39, 0.29) is 12.0 Å². The topological polar surface area (TPSA) is 59.9 Å². The van der Waals surface area contributed by atoms with Crippen molar-refractivity contribution in [2.45, 2.75) is 44.4 Å². The second kappa shape index (κ2) is 8.74. The summed E-state index contributed by atoms with van der Waals surface area (Å²) < 4.78 is 0. The van der Waals surface area contributed by atoms with E-state index in [1.54, 1.807) is 6.20 Å². The summed E-state index contributed by atoms with van der Waals surface area (Å²) in [5, 5.41) is 9.85. The van der Waals surface area contributed by atoms with Crippen molar-refractivity contribution in [3.05, 3.63) is 30.1 Å². The van der Waals surface area contributed by atoms with Crippen LogP contribution in [0.5, 0.6) is 0 Å². The van der Waals surface area contributed by atoms with Gasteiger partial charge < -0.3 is 10.0 Å². The highest BCUT2D eigenvalue weighted by atomic mass is 16.3. The standard InChI is InChI=1S/C19H30N4O2/c1-21(13-16-4-2-8-20-12-16)15-19(25)22-10-6-17(7-11-22)23-9-3-5-18(24)14-23/h2,4,8,12,17-18,24H,3,5-7,9-11,13-15H2,1H3/t18-/m1/s1. The summed E-state index contributed by atoms with van der Waals surface area (Å²) in [5.41, 5.74) is 1.13. The molecule has 0 aromatic carbocycles. The molecule has 6 heteroatoms. The van der Waals surface area contributed by atoms with E-state index in [1.807, 2.05) is 35.2 Å². The van der Waals surface area contributed by atoms with Crippen LogP contribution in [0, 0.1) is 0 Å². The number of β-amino-alcohol motifs (C(OH)–C–C–N with tert-alkyl or cyclic N) is 1. The molecule has 1 N–H and O–H groups in total. The SMILES string of the molecule is CN(CC(=O)N1CCC(N2CCC[C@@H](O)C2)CC1)Cc1cccnc1. The molecular formula is C19H30N4O2. The van der Waals surface area contributed by atoms with Crippen molar-refractivity contribution in [2.24, 2.45) is 0 Å². The normalized spacial score (nSPS) is 23.2. The lowest BCUT2D eigenvalue weighted by atomic mass is 9.99. The molecule has 6 nitrogen and oxygen atoms in total. The van der Waals surface area contributed by atoms with Gasteiger partial charge in [-0.05, 0) is 50.9 Å². The molecule has 25 heavy (non-hydrogen) atoms. The maximum Gasteiger partial charge on any atom is 0.236 e. The van der Waals surface area contributed by atoms with Gasteiger partial charge in [-0.25, -0.2) is 0 Å². The highest BCUT2D eigenvalue weighted by Crippen LogP contribution is 2.21. The van der Waals surface area contributed by atoms with Crippen molar-refractivity contribution < 1.29 is 9.90 Å². The minimum Gasteiger partial charge on any atom is -0.392 e. The summed E-state index contributed by atoms with van der Waals surface area (Å²) in [7, 11) is 1.98. The molecule has 1 atom stereocenters. The van der Waals surface area contributed by atoms with Gasteiger partial charge in [-0.2, -0.15) is 0 Å². The van der Waals surface area contributed by atoms with Crippen LogP contribution in [0.4, 0.5) is 0 Å². The number of pyridine rings is 1. The quantitative estimate of drug-likeness (QED) is 0.861. The summed E-state index contributed by atoms with van der Waals surface area (Å²) in [6, 6.07) is 4.48. The largest absolute Gasteiger partial charge is 0.392 e. The van der Waals surface area contributed by atoms with Crippen LogP contribution in [0.3, 0.4) is 0 Å². The van der Waals surface area contributed by atoms with Gasteiger partial charge in [0.2, 0.25) is 5.91 Å². The number of aromatic nitrogens is 1. The molecule has 1 aromatic heterocycles. The Hall–Kier alpha value is -1.50. The molecule has 1 amide bonds. The molecule has 2 saturated heterocycles. The number of hydrogen-bond acceptors (Lipinski definition) is 5. The third-order valence-electron chi connectivity index (χ3n) is 5.34. The molecule has 0 unspecified atom stereocenters. The zero-order valence-corrected chi connectivity index (χ0v) is 15.2.